The van der Waals surface area contributed by atoms with Crippen molar-refractivity contribution in [3.05, 3.63) is 53.3 Å². The molecule has 1 saturated carbocycles. The molecule has 8 heteroatoms. The van der Waals surface area contributed by atoms with Crippen LogP contribution in [0.5, 0.6) is 0 Å². The summed E-state index contributed by atoms with van der Waals surface area (Å²) in [5, 5.41) is 0. The molecule has 1 saturated heterocycles. The van der Waals surface area contributed by atoms with Crippen LogP contribution in [-0.4, -0.2) is 32.1 Å². The summed E-state index contributed by atoms with van der Waals surface area (Å²) in [4.78, 5) is 40.0. The van der Waals surface area contributed by atoms with Crippen LogP contribution in [0, 0.1) is 25.7 Å². The largest absolute Gasteiger partial charge is 0.274 e. The average molecular weight is 523 g/mol. The Morgan fingerprint density at radius 2 is 1.38 bits per heavy atom. The van der Waals surface area contributed by atoms with Crippen molar-refractivity contribution in [3.63, 3.8) is 0 Å². The fourth-order valence-electron chi connectivity index (χ4n) is 4.12. The maximum absolute atomic E-state index is 12.9. The van der Waals surface area contributed by atoms with Crippen molar-refractivity contribution in [2.24, 2.45) is 11.8 Å². The van der Waals surface area contributed by atoms with Crippen LogP contribution >= 0.6 is 31.9 Å². The number of hydrogen-bond donors (Lipinski definition) is 1. The number of hydrogen-bond acceptors (Lipinski definition) is 3. The first-order valence-corrected chi connectivity index (χ1v) is 11.3. The molecule has 2 aliphatic rings. The smallest absolute Gasteiger partial charge is 0.270 e. The lowest BCUT2D eigenvalue weighted by atomic mass is 9.81. The molecule has 152 valence electrons. The Morgan fingerprint density at radius 3 is 1.86 bits per heavy atom. The second kappa shape index (κ2) is 7.72. The van der Waals surface area contributed by atoms with E-state index >= 15 is 0 Å². The number of fused-ring (bicyclic) bond motifs is 1. The quantitative estimate of drug-likeness (QED) is 0.490. The summed E-state index contributed by atoms with van der Waals surface area (Å²) in [7, 11) is 0. The highest BCUT2D eigenvalue weighted by Gasteiger charge is 2.52. The molecule has 3 amide bonds. The second-order valence-electron chi connectivity index (χ2n) is 7.67. The molecule has 2 fully saturated rings. The van der Waals surface area contributed by atoms with E-state index in [-0.39, 0.29) is 39.2 Å². The third-order valence-corrected chi connectivity index (χ3v) is 8.52. The van der Waals surface area contributed by atoms with Gasteiger partial charge >= 0.3 is 0 Å². The number of benzene rings is 1. The summed E-state index contributed by atoms with van der Waals surface area (Å²) in [6.45, 7) is 3.82. The molecule has 2 heterocycles. The van der Waals surface area contributed by atoms with E-state index in [0.717, 1.165) is 11.4 Å². The van der Waals surface area contributed by atoms with Crippen molar-refractivity contribution in [2.75, 3.05) is 10.3 Å². The zero-order chi connectivity index (χ0) is 20.9. The third kappa shape index (κ3) is 3.57. The van der Waals surface area contributed by atoms with Crippen LogP contribution in [0.3, 0.4) is 0 Å². The number of aryl methyl sites for hydroxylation is 2. The predicted octanol–water partition coefficient (Wildman–Crippen LogP) is 3.92. The summed E-state index contributed by atoms with van der Waals surface area (Å²) >= 11 is 7.20. The number of rotatable bonds is 3. The molecule has 4 rings (SSSR count). The van der Waals surface area contributed by atoms with Crippen molar-refractivity contribution in [2.45, 2.75) is 36.3 Å². The van der Waals surface area contributed by atoms with Gasteiger partial charge in [0.15, 0.2) is 0 Å². The van der Waals surface area contributed by atoms with Gasteiger partial charge in [0.2, 0.25) is 11.8 Å². The summed E-state index contributed by atoms with van der Waals surface area (Å²) in [6, 6.07) is 10.5. The summed E-state index contributed by atoms with van der Waals surface area (Å²) < 4.78 is 1.72. The first-order chi connectivity index (χ1) is 13.8. The van der Waals surface area contributed by atoms with Gasteiger partial charge in [0, 0.05) is 26.6 Å². The van der Waals surface area contributed by atoms with Crippen LogP contribution in [0.4, 0.5) is 5.69 Å². The minimum absolute atomic E-state index is 0.153. The van der Waals surface area contributed by atoms with E-state index in [9.17, 15) is 14.4 Å². The van der Waals surface area contributed by atoms with Gasteiger partial charge in [-0.05, 0) is 63.1 Å². The Kier molecular flexibility index (Phi) is 5.42. The number of carbonyl (C=O) groups is 3. The maximum atomic E-state index is 12.9. The molecular formula is C21H21Br2N3O3. The maximum Gasteiger partial charge on any atom is 0.270 e. The van der Waals surface area contributed by atoms with Crippen LogP contribution in [0.2, 0.25) is 0 Å². The Labute approximate surface area is 185 Å². The first kappa shape index (κ1) is 20.3. The highest BCUT2D eigenvalue weighted by atomic mass is 79.9. The number of nitrogens with one attached hydrogen (secondary N) is 1. The lowest BCUT2D eigenvalue weighted by molar-refractivity contribution is -0.122. The lowest BCUT2D eigenvalue weighted by Crippen LogP contribution is -2.34. The molecular weight excluding hydrogens is 502 g/mol. The van der Waals surface area contributed by atoms with Gasteiger partial charge in [0.1, 0.15) is 0 Å². The summed E-state index contributed by atoms with van der Waals surface area (Å²) in [5.41, 5.74) is 5.68. The molecule has 1 aliphatic heterocycles. The number of halogens is 2. The molecule has 2 aromatic rings. The van der Waals surface area contributed by atoms with Crippen molar-refractivity contribution >= 4 is 55.3 Å². The van der Waals surface area contributed by atoms with Gasteiger partial charge in [-0.3, -0.25) is 29.4 Å². The number of nitrogens with zero attached hydrogens (tertiary/aromatic N) is 2. The summed E-state index contributed by atoms with van der Waals surface area (Å²) in [5.74, 6) is -1.14. The Balaban J connectivity index is 1.53. The van der Waals surface area contributed by atoms with E-state index in [1.807, 2.05) is 26.0 Å². The zero-order valence-electron chi connectivity index (χ0n) is 16.1. The van der Waals surface area contributed by atoms with Crippen molar-refractivity contribution in [1.29, 1.82) is 0 Å². The number of anilines is 1. The number of alkyl halides is 2. The topological polar surface area (TPSA) is 71.4 Å². The molecule has 6 nitrogen and oxygen atoms in total. The highest BCUT2D eigenvalue weighted by Crippen LogP contribution is 2.44. The van der Waals surface area contributed by atoms with E-state index in [0.29, 0.717) is 24.1 Å². The molecule has 0 bridgehead atoms. The number of amides is 3. The van der Waals surface area contributed by atoms with E-state index in [1.54, 1.807) is 28.9 Å². The number of imide groups is 1. The number of carbonyl (C=O) groups excluding carboxylic acids is 3. The number of aromatic nitrogens is 1. The first-order valence-electron chi connectivity index (χ1n) is 9.50. The minimum atomic E-state index is -0.289. The zero-order valence-corrected chi connectivity index (χ0v) is 19.2. The van der Waals surface area contributed by atoms with Crippen LogP contribution in [0.15, 0.2) is 36.4 Å². The van der Waals surface area contributed by atoms with E-state index in [1.165, 1.54) is 4.90 Å². The standard InChI is InChI=1S/C21H21Br2N3O3/c1-11-3-4-12(2)26(11)24-19(27)13-5-7-14(8-6-13)25-20(28)15-9-17(22)18(23)10-16(15)21(25)29/h3-8,15-18H,9-10H2,1-2H3,(H,24,27)/t15-,16+,17-,18-/m0/s1. The third-order valence-electron chi connectivity index (χ3n) is 5.78. The van der Waals surface area contributed by atoms with Crippen molar-refractivity contribution in [3.8, 4) is 0 Å². The SMILES string of the molecule is Cc1ccc(C)n1NC(=O)c1ccc(N2C(=O)[C@H]3C[C@H](Br)[C@@H](Br)C[C@H]3C2=O)cc1. The fraction of sp³-hybridized carbons (Fsp3) is 0.381. The Bertz CT molecular complexity index is 938. The van der Waals surface area contributed by atoms with Crippen molar-refractivity contribution in [1.82, 2.24) is 4.68 Å². The van der Waals surface area contributed by atoms with Gasteiger partial charge in [0.25, 0.3) is 5.91 Å². The van der Waals surface area contributed by atoms with Gasteiger partial charge in [-0.15, -0.1) is 0 Å². The molecule has 4 atom stereocenters. The van der Waals surface area contributed by atoms with Crippen LogP contribution in [0.25, 0.3) is 0 Å². The normalized spacial score (nSPS) is 26.6. The van der Waals surface area contributed by atoms with E-state index in [4.69, 9.17) is 0 Å². The van der Waals surface area contributed by atoms with Crippen LogP contribution in [0.1, 0.15) is 34.6 Å². The van der Waals surface area contributed by atoms with Crippen LogP contribution in [-0.2, 0) is 9.59 Å². The molecule has 0 unspecified atom stereocenters. The molecule has 0 radical (unpaired) electrons. The van der Waals surface area contributed by atoms with E-state index < -0.39 is 0 Å². The molecule has 1 aliphatic carbocycles. The molecule has 29 heavy (non-hydrogen) atoms. The molecule has 1 N–H and O–H groups in total. The Morgan fingerprint density at radius 1 is 0.897 bits per heavy atom. The van der Waals surface area contributed by atoms with Gasteiger partial charge in [0.05, 0.1) is 17.5 Å². The fourth-order valence-corrected chi connectivity index (χ4v) is 5.36. The predicted molar refractivity (Wildman–Crippen MR) is 118 cm³/mol. The van der Waals surface area contributed by atoms with Gasteiger partial charge in [-0.1, -0.05) is 31.9 Å². The van der Waals surface area contributed by atoms with Gasteiger partial charge < -0.3 is 0 Å². The van der Waals surface area contributed by atoms with Gasteiger partial charge in [-0.2, -0.15) is 0 Å². The highest BCUT2D eigenvalue weighted by molar-refractivity contribution is 9.12. The van der Waals surface area contributed by atoms with Crippen LogP contribution < -0.4 is 10.3 Å². The van der Waals surface area contributed by atoms with Crippen molar-refractivity contribution < 1.29 is 14.4 Å². The minimum Gasteiger partial charge on any atom is -0.274 e. The second-order valence-corrected chi connectivity index (χ2v) is 10.0. The molecule has 1 aromatic heterocycles. The van der Waals surface area contributed by atoms with E-state index in [2.05, 4.69) is 37.3 Å². The summed E-state index contributed by atoms with van der Waals surface area (Å²) in [6.07, 6.45) is 1.27. The molecule has 0 spiro atoms. The Hall–Kier alpha value is -1.93. The molecule has 1 aromatic carbocycles. The van der Waals surface area contributed by atoms with Gasteiger partial charge in [-0.25, -0.2) is 0 Å². The monoisotopic (exact) mass is 521 g/mol. The lowest BCUT2D eigenvalue weighted by Gasteiger charge is -2.29. The average Bonchev–Trinajstić information content (AvgIpc) is 3.13.